The molecule has 2 rings (SSSR count). The van der Waals surface area contributed by atoms with Crippen LogP contribution in [0.15, 0.2) is 18.2 Å². The number of esters is 1. The number of hydrogen-bond donors (Lipinski definition) is 2. The lowest BCUT2D eigenvalue weighted by atomic mass is 9.96. The fourth-order valence-electron chi connectivity index (χ4n) is 2.64. The van der Waals surface area contributed by atoms with Crippen LogP contribution in [0, 0.1) is 11.6 Å². The number of carbonyl (C=O) groups excluding carboxylic acids is 3. The van der Waals surface area contributed by atoms with Crippen molar-refractivity contribution in [3.8, 4) is 0 Å². The van der Waals surface area contributed by atoms with Crippen LogP contribution < -0.4 is 10.6 Å². The number of urea groups is 1. The van der Waals surface area contributed by atoms with Gasteiger partial charge in [-0.05, 0) is 31.9 Å². The molecule has 1 fully saturated rings. The van der Waals surface area contributed by atoms with Crippen molar-refractivity contribution in [2.75, 3.05) is 0 Å². The SMILES string of the molecule is CC(OC(=O)c1cc(F)cc(F)c1)C(=O)NC(=O)NC1CCCCC1. The highest BCUT2D eigenvalue weighted by Crippen LogP contribution is 2.17. The molecule has 1 unspecified atom stereocenters. The number of carbonyl (C=O) groups is 3. The average Bonchev–Trinajstić information content (AvgIpc) is 2.54. The molecule has 1 atom stereocenters. The molecule has 136 valence electrons. The third-order valence-corrected chi connectivity index (χ3v) is 3.93. The second kappa shape index (κ2) is 8.55. The molecule has 1 aromatic carbocycles. The number of amides is 3. The van der Waals surface area contributed by atoms with Crippen molar-refractivity contribution in [2.45, 2.75) is 51.2 Å². The minimum absolute atomic E-state index is 0.0228. The van der Waals surface area contributed by atoms with Crippen molar-refractivity contribution in [1.29, 1.82) is 0 Å². The van der Waals surface area contributed by atoms with E-state index in [0.717, 1.165) is 44.2 Å². The molecule has 0 aliphatic heterocycles. The van der Waals surface area contributed by atoms with Crippen LogP contribution in [-0.4, -0.2) is 30.1 Å². The van der Waals surface area contributed by atoms with Gasteiger partial charge in [0.15, 0.2) is 6.10 Å². The zero-order valence-corrected chi connectivity index (χ0v) is 13.8. The van der Waals surface area contributed by atoms with Crippen LogP contribution in [-0.2, 0) is 9.53 Å². The third-order valence-electron chi connectivity index (χ3n) is 3.93. The van der Waals surface area contributed by atoms with Gasteiger partial charge < -0.3 is 10.1 Å². The number of imide groups is 1. The van der Waals surface area contributed by atoms with Gasteiger partial charge in [-0.15, -0.1) is 0 Å². The number of halogens is 2. The van der Waals surface area contributed by atoms with E-state index in [1.54, 1.807) is 0 Å². The Balaban J connectivity index is 1.84. The van der Waals surface area contributed by atoms with Gasteiger partial charge in [0.05, 0.1) is 5.56 Å². The minimum atomic E-state index is -1.30. The van der Waals surface area contributed by atoms with E-state index in [1.807, 2.05) is 0 Å². The number of rotatable bonds is 4. The number of benzene rings is 1. The van der Waals surface area contributed by atoms with Crippen molar-refractivity contribution >= 4 is 17.9 Å². The molecule has 6 nitrogen and oxygen atoms in total. The topological polar surface area (TPSA) is 84.5 Å². The zero-order valence-electron chi connectivity index (χ0n) is 13.8. The highest BCUT2D eigenvalue weighted by atomic mass is 19.1. The van der Waals surface area contributed by atoms with Crippen LogP contribution in [0.25, 0.3) is 0 Å². The Morgan fingerprint density at radius 3 is 2.28 bits per heavy atom. The largest absolute Gasteiger partial charge is 0.449 e. The summed E-state index contributed by atoms with van der Waals surface area (Å²) in [6.45, 7) is 1.26. The number of ether oxygens (including phenoxy) is 1. The summed E-state index contributed by atoms with van der Waals surface area (Å²) in [5, 5.41) is 4.79. The van der Waals surface area contributed by atoms with Gasteiger partial charge >= 0.3 is 12.0 Å². The molecule has 2 N–H and O–H groups in total. The van der Waals surface area contributed by atoms with Gasteiger partial charge in [0.25, 0.3) is 5.91 Å². The Labute approximate surface area is 143 Å². The molecule has 0 aromatic heterocycles. The van der Waals surface area contributed by atoms with Crippen LogP contribution in [0.5, 0.6) is 0 Å². The summed E-state index contributed by atoms with van der Waals surface area (Å²) in [7, 11) is 0. The molecule has 0 heterocycles. The minimum Gasteiger partial charge on any atom is -0.449 e. The van der Waals surface area contributed by atoms with Gasteiger partial charge in [0, 0.05) is 12.1 Å². The maximum absolute atomic E-state index is 13.1. The van der Waals surface area contributed by atoms with Crippen LogP contribution in [0.2, 0.25) is 0 Å². The fourth-order valence-corrected chi connectivity index (χ4v) is 2.64. The van der Waals surface area contributed by atoms with Crippen molar-refractivity contribution in [3.05, 3.63) is 35.4 Å². The molecule has 3 amide bonds. The molecule has 0 spiro atoms. The van der Waals surface area contributed by atoms with E-state index in [1.165, 1.54) is 6.92 Å². The summed E-state index contributed by atoms with van der Waals surface area (Å²) in [6.07, 6.45) is 3.60. The smallest absolute Gasteiger partial charge is 0.339 e. The summed E-state index contributed by atoms with van der Waals surface area (Å²) >= 11 is 0. The Morgan fingerprint density at radius 2 is 1.68 bits per heavy atom. The molecule has 1 saturated carbocycles. The predicted octanol–water partition coefficient (Wildman–Crippen LogP) is 2.67. The summed E-state index contributed by atoms with van der Waals surface area (Å²) in [5.41, 5.74) is -0.358. The first-order chi connectivity index (χ1) is 11.8. The highest BCUT2D eigenvalue weighted by molar-refractivity contribution is 5.98. The van der Waals surface area contributed by atoms with Gasteiger partial charge in [0.2, 0.25) is 0 Å². The van der Waals surface area contributed by atoms with Gasteiger partial charge in [0.1, 0.15) is 11.6 Å². The second-order valence-corrected chi connectivity index (χ2v) is 6.00. The second-order valence-electron chi connectivity index (χ2n) is 6.00. The summed E-state index contributed by atoms with van der Waals surface area (Å²) in [4.78, 5) is 35.5. The first kappa shape index (κ1) is 18.8. The van der Waals surface area contributed by atoms with Crippen LogP contribution >= 0.6 is 0 Å². The highest BCUT2D eigenvalue weighted by Gasteiger charge is 2.23. The summed E-state index contributed by atoms with van der Waals surface area (Å²) in [5.74, 6) is -3.75. The van der Waals surface area contributed by atoms with Crippen molar-refractivity contribution in [1.82, 2.24) is 10.6 Å². The Morgan fingerprint density at radius 1 is 1.08 bits per heavy atom. The molecule has 1 aliphatic carbocycles. The van der Waals surface area contributed by atoms with Gasteiger partial charge in [-0.3, -0.25) is 10.1 Å². The lowest BCUT2D eigenvalue weighted by Crippen LogP contribution is -2.48. The standard InChI is InChI=1S/C17H20F2N2O4/c1-10(25-16(23)11-7-12(18)9-13(19)8-11)15(22)21-17(24)20-14-5-3-2-4-6-14/h7-10,14H,2-6H2,1H3,(H2,20,21,22,24). The van der Waals surface area contributed by atoms with E-state index >= 15 is 0 Å². The average molecular weight is 354 g/mol. The Kier molecular flexibility index (Phi) is 6.44. The molecule has 0 radical (unpaired) electrons. The van der Waals surface area contributed by atoms with Gasteiger partial charge in [-0.1, -0.05) is 19.3 Å². The Bertz CT molecular complexity index is 640. The van der Waals surface area contributed by atoms with Crippen molar-refractivity contribution < 1.29 is 27.9 Å². The van der Waals surface area contributed by atoms with Crippen LogP contribution in [0.4, 0.5) is 13.6 Å². The molecular formula is C17H20F2N2O4. The van der Waals surface area contributed by atoms with Crippen LogP contribution in [0.1, 0.15) is 49.4 Å². The lowest BCUT2D eigenvalue weighted by molar-refractivity contribution is -0.127. The summed E-state index contributed by atoms with van der Waals surface area (Å²) < 4.78 is 31.0. The van der Waals surface area contributed by atoms with Gasteiger partial charge in [-0.2, -0.15) is 0 Å². The first-order valence-corrected chi connectivity index (χ1v) is 8.13. The first-order valence-electron chi connectivity index (χ1n) is 8.13. The molecule has 1 aromatic rings. The normalized spacial score (nSPS) is 16.0. The molecule has 0 saturated heterocycles. The molecule has 25 heavy (non-hydrogen) atoms. The van der Waals surface area contributed by atoms with E-state index < -0.39 is 35.6 Å². The fraction of sp³-hybridized carbons (Fsp3) is 0.471. The Hall–Kier alpha value is -2.51. The maximum atomic E-state index is 13.1. The molecular weight excluding hydrogens is 334 g/mol. The van der Waals surface area contributed by atoms with Crippen LogP contribution in [0.3, 0.4) is 0 Å². The van der Waals surface area contributed by atoms with Gasteiger partial charge in [-0.25, -0.2) is 18.4 Å². The third kappa shape index (κ3) is 5.81. The van der Waals surface area contributed by atoms with E-state index in [2.05, 4.69) is 10.6 Å². The van der Waals surface area contributed by atoms with E-state index in [0.29, 0.717) is 6.07 Å². The monoisotopic (exact) mass is 354 g/mol. The lowest BCUT2D eigenvalue weighted by Gasteiger charge is -2.23. The predicted molar refractivity (Wildman–Crippen MR) is 84.8 cm³/mol. The molecule has 0 bridgehead atoms. The van der Waals surface area contributed by atoms with Crippen molar-refractivity contribution in [3.63, 3.8) is 0 Å². The van der Waals surface area contributed by atoms with E-state index in [9.17, 15) is 23.2 Å². The maximum Gasteiger partial charge on any atom is 0.339 e. The summed E-state index contributed by atoms with van der Waals surface area (Å²) in [6, 6.07) is 1.58. The zero-order chi connectivity index (χ0) is 18.4. The van der Waals surface area contributed by atoms with E-state index in [4.69, 9.17) is 4.74 Å². The molecule has 8 heteroatoms. The molecule has 1 aliphatic rings. The quantitative estimate of drug-likeness (QED) is 0.814. The van der Waals surface area contributed by atoms with E-state index in [-0.39, 0.29) is 11.6 Å². The number of hydrogen-bond acceptors (Lipinski definition) is 4. The number of nitrogens with one attached hydrogen (secondary N) is 2. The van der Waals surface area contributed by atoms with Crippen molar-refractivity contribution in [2.24, 2.45) is 0 Å².